The molecule has 2 heterocycles. The molecule has 1 aromatic rings. The van der Waals surface area contributed by atoms with E-state index >= 15 is 0 Å². The van der Waals surface area contributed by atoms with Crippen molar-refractivity contribution in [1.29, 1.82) is 0 Å². The Hall–Kier alpha value is -1.31. The van der Waals surface area contributed by atoms with Crippen LogP contribution in [0.1, 0.15) is 31.2 Å². The van der Waals surface area contributed by atoms with Crippen LogP contribution in [0.5, 0.6) is 0 Å². The van der Waals surface area contributed by atoms with Gasteiger partial charge in [-0.15, -0.1) is 0 Å². The van der Waals surface area contributed by atoms with Crippen molar-refractivity contribution in [1.82, 2.24) is 15.3 Å². The van der Waals surface area contributed by atoms with E-state index in [0.29, 0.717) is 24.7 Å². The summed E-state index contributed by atoms with van der Waals surface area (Å²) >= 11 is 0. The van der Waals surface area contributed by atoms with Gasteiger partial charge in [-0.2, -0.15) is 13.2 Å². The molecule has 0 saturated carbocycles. The number of aromatic nitrogens is 2. The summed E-state index contributed by atoms with van der Waals surface area (Å²) in [5.41, 5.74) is -0.607. The van der Waals surface area contributed by atoms with Crippen molar-refractivity contribution >= 4 is 0 Å². The Labute approximate surface area is 119 Å². The van der Waals surface area contributed by atoms with Crippen LogP contribution in [0.4, 0.5) is 22.0 Å². The highest BCUT2D eigenvalue weighted by molar-refractivity contribution is 5.06. The van der Waals surface area contributed by atoms with Crippen molar-refractivity contribution in [3.05, 3.63) is 23.8 Å². The molecule has 3 nitrogen and oxygen atoms in total. The Morgan fingerprint density at radius 2 is 2.00 bits per heavy atom. The number of aryl methyl sites for hydroxylation is 1. The molecule has 8 heteroatoms. The average Bonchev–Trinajstić information content (AvgIpc) is 2.36. The number of hydrogen-bond acceptors (Lipinski definition) is 3. The zero-order chi connectivity index (χ0) is 15.7. The number of halogens is 5. The van der Waals surface area contributed by atoms with Crippen molar-refractivity contribution in [2.45, 2.75) is 44.3 Å². The molecule has 1 fully saturated rings. The molecule has 0 spiro atoms. The predicted octanol–water partition coefficient (Wildman–Crippen LogP) is 3.06. The number of piperidine rings is 1. The molecule has 2 rings (SSSR count). The molecule has 1 aliphatic rings. The number of nitrogens with one attached hydrogen (secondary N) is 1. The zero-order valence-corrected chi connectivity index (χ0v) is 11.4. The molecule has 0 aliphatic carbocycles. The quantitative estimate of drug-likeness (QED) is 0.872. The standard InChI is InChI=1S/C13H16F5N3/c1-8-4-12(14,15)7-21-10(8)3-2-9-5-20-11(6-19-9)13(16,17)18/h5-6,8,10,21H,2-4,7H2,1H3/t8-,10-/m1/s1. The predicted molar refractivity (Wildman–Crippen MR) is 65.9 cm³/mol. The van der Waals surface area contributed by atoms with E-state index in [-0.39, 0.29) is 24.9 Å². The van der Waals surface area contributed by atoms with Gasteiger partial charge >= 0.3 is 6.18 Å². The average molecular weight is 309 g/mol. The first kappa shape index (κ1) is 16.1. The highest BCUT2D eigenvalue weighted by Crippen LogP contribution is 2.30. The van der Waals surface area contributed by atoms with Crippen LogP contribution in [0.25, 0.3) is 0 Å². The van der Waals surface area contributed by atoms with Crippen LogP contribution in [-0.2, 0) is 12.6 Å². The Bertz CT molecular complexity index is 472. The van der Waals surface area contributed by atoms with Crippen LogP contribution in [0, 0.1) is 5.92 Å². The Morgan fingerprint density at radius 3 is 2.52 bits per heavy atom. The molecule has 0 amide bonds. The first-order valence-electron chi connectivity index (χ1n) is 6.67. The second-order valence-corrected chi connectivity index (χ2v) is 5.45. The van der Waals surface area contributed by atoms with E-state index in [1.807, 2.05) is 0 Å². The molecule has 21 heavy (non-hydrogen) atoms. The molecule has 0 unspecified atom stereocenters. The van der Waals surface area contributed by atoms with E-state index in [0.717, 1.165) is 6.20 Å². The number of rotatable bonds is 3. The minimum atomic E-state index is -4.50. The lowest BCUT2D eigenvalue weighted by molar-refractivity contribution is -0.141. The smallest absolute Gasteiger partial charge is 0.308 e. The fraction of sp³-hybridized carbons (Fsp3) is 0.692. The van der Waals surface area contributed by atoms with Gasteiger partial charge in [0.1, 0.15) is 0 Å². The highest BCUT2D eigenvalue weighted by atomic mass is 19.4. The molecule has 1 saturated heterocycles. The second-order valence-electron chi connectivity index (χ2n) is 5.45. The third kappa shape index (κ3) is 4.33. The number of hydrogen-bond donors (Lipinski definition) is 1. The SMILES string of the molecule is C[C@@H]1CC(F)(F)CN[C@@H]1CCc1cnc(C(F)(F)F)cn1. The lowest BCUT2D eigenvalue weighted by Crippen LogP contribution is -2.50. The van der Waals surface area contributed by atoms with Gasteiger partial charge in [-0.25, -0.2) is 13.8 Å². The summed E-state index contributed by atoms with van der Waals surface area (Å²) in [5, 5.41) is 2.79. The van der Waals surface area contributed by atoms with Crippen molar-refractivity contribution in [2.24, 2.45) is 5.92 Å². The monoisotopic (exact) mass is 309 g/mol. The summed E-state index contributed by atoms with van der Waals surface area (Å²) in [6.45, 7) is 1.38. The minimum absolute atomic E-state index is 0.0892. The third-order valence-corrected chi connectivity index (χ3v) is 3.64. The first-order valence-corrected chi connectivity index (χ1v) is 6.67. The normalized spacial score (nSPS) is 25.8. The van der Waals surface area contributed by atoms with E-state index in [1.54, 1.807) is 6.92 Å². The van der Waals surface area contributed by atoms with Crippen molar-refractivity contribution < 1.29 is 22.0 Å². The van der Waals surface area contributed by atoms with Crippen molar-refractivity contribution in [2.75, 3.05) is 6.54 Å². The lowest BCUT2D eigenvalue weighted by atomic mass is 9.87. The third-order valence-electron chi connectivity index (χ3n) is 3.64. The Morgan fingerprint density at radius 1 is 1.29 bits per heavy atom. The largest absolute Gasteiger partial charge is 0.434 e. The van der Waals surface area contributed by atoms with Crippen LogP contribution in [-0.4, -0.2) is 28.5 Å². The van der Waals surface area contributed by atoms with E-state index < -0.39 is 17.8 Å². The Kier molecular flexibility index (Phi) is 4.46. The molecular weight excluding hydrogens is 293 g/mol. The maximum atomic E-state index is 13.2. The molecule has 118 valence electrons. The van der Waals surface area contributed by atoms with Gasteiger partial charge in [0.05, 0.1) is 18.4 Å². The summed E-state index contributed by atoms with van der Waals surface area (Å²) in [4.78, 5) is 7.05. The van der Waals surface area contributed by atoms with E-state index in [1.165, 1.54) is 0 Å². The van der Waals surface area contributed by atoms with Crippen LogP contribution in [0.15, 0.2) is 12.4 Å². The molecule has 1 aliphatic heterocycles. The first-order chi connectivity index (χ1) is 9.67. The van der Waals surface area contributed by atoms with Crippen LogP contribution >= 0.6 is 0 Å². The number of nitrogens with zero attached hydrogens (tertiary/aromatic N) is 2. The van der Waals surface area contributed by atoms with E-state index in [4.69, 9.17) is 0 Å². The maximum absolute atomic E-state index is 13.2. The van der Waals surface area contributed by atoms with Crippen molar-refractivity contribution in [3.63, 3.8) is 0 Å². The topological polar surface area (TPSA) is 37.8 Å². The fourth-order valence-electron chi connectivity index (χ4n) is 2.49. The summed E-state index contributed by atoms with van der Waals surface area (Å²) in [6.07, 6.45) is -1.96. The second kappa shape index (κ2) is 5.82. The van der Waals surface area contributed by atoms with E-state index in [2.05, 4.69) is 15.3 Å². The van der Waals surface area contributed by atoms with Crippen LogP contribution < -0.4 is 5.32 Å². The summed E-state index contributed by atoms with van der Waals surface area (Å²) in [5.74, 6) is -2.89. The van der Waals surface area contributed by atoms with E-state index in [9.17, 15) is 22.0 Å². The molecule has 0 radical (unpaired) electrons. The van der Waals surface area contributed by atoms with Crippen LogP contribution in [0.3, 0.4) is 0 Å². The molecular formula is C13H16F5N3. The molecule has 1 N–H and O–H groups in total. The summed E-state index contributed by atoms with van der Waals surface area (Å²) in [6, 6.07) is -0.0892. The Balaban J connectivity index is 1.89. The molecule has 0 bridgehead atoms. The van der Waals surface area contributed by atoms with Gasteiger partial charge in [-0.05, 0) is 18.8 Å². The highest BCUT2D eigenvalue weighted by Gasteiger charge is 2.39. The van der Waals surface area contributed by atoms with Gasteiger partial charge in [-0.1, -0.05) is 6.92 Å². The van der Waals surface area contributed by atoms with Gasteiger partial charge in [-0.3, -0.25) is 4.98 Å². The molecule has 0 aromatic carbocycles. The minimum Gasteiger partial charge on any atom is -0.308 e. The summed E-state index contributed by atoms with van der Waals surface area (Å²) < 4.78 is 63.3. The zero-order valence-electron chi connectivity index (χ0n) is 11.4. The number of alkyl halides is 5. The summed E-state index contributed by atoms with van der Waals surface area (Å²) in [7, 11) is 0. The van der Waals surface area contributed by atoms with Gasteiger partial charge in [0.15, 0.2) is 5.69 Å². The van der Waals surface area contributed by atoms with Gasteiger partial charge in [0.25, 0.3) is 5.92 Å². The lowest BCUT2D eigenvalue weighted by Gasteiger charge is -2.35. The van der Waals surface area contributed by atoms with Gasteiger partial charge in [0.2, 0.25) is 0 Å². The molecule has 1 aromatic heterocycles. The molecule has 2 atom stereocenters. The van der Waals surface area contributed by atoms with Gasteiger partial charge < -0.3 is 5.32 Å². The van der Waals surface area contributed by atoms with Crippen LogP contribution in [0.2, 0.25) is 0 Å². The maximum Gasteiger partial charge on any atom is 0.434 e. The fourth-order valence-corrected chi connectivity index (χ4v) is 2.49. The van der Waals surface area contributed by atoms with Gasteiger partial charge in [0, 0.05) is 18.7 Å². The van der Waals surface area contributed by atoms with Crippen molar-refractivity contribution in [3.8, 4) is 0 Å².